The number of hydrogen-bond acceptors (Lipinski definition) is 8. The number of carbonyl (C=O) groups is 1. The number of benzene rings is 2. The number of ether oxygens (including phenoxy) is 2. The van der Waals surface area contributed by atoms with Crippen LogP contribution in [0.2, 0.25) is 5.02 Å². The number of hydrogen-bond donors (Lipinski definition) is 0. The largest absolute Gasteiger partial charge is 0.484 e. The van der Waals surface area contributed by atoms with E-state index in [0.717, 1.165) is 27.2 Å². The first kappa shape index (κ1) is 22.1. The van der Waals surface area contributed by atoms with Gasteiger partial charge in [-0.25, -0.2) is 9.78 Å². The number of thiophene rings is 1. The van der Waals surface area contributed by atoms with Crippen LogP contribution >= 0.6 is 22.9 Å². The van der Waals surface area contributed by atoms with Crippen molar-refractivity contribution in [3.8, 4) is 22.2 Å². The lowest BCUT2D eigenvalue weighted by atomic mass is 10.1. The molecule has 0 radical (unpaired) electrons. The molecule has 34 heavy (non-hydrogen) atoms. The Kier molecular flexibility index (Phi) is 5.80. The summed E-state index contributed by atoms with van der Waals surface area (Å²) in [5.74, 6) is 0.866. The lowest BCUT2D eigenvalue weighted by Gasteiger charge is -2.16. The zero-order chi connectivity index (χ0) is 23.8. The highest BCUT2D eigenvalue weighted by atomic mass is 35.5. The van der Waals surface area contributed by atoms with Crippen molar-refractivity contribution >= 4 is 39.9 Å². The highest BCUT2D eigenvalue weighted by Gasteiger charge is 2.23. The molecule has 3 aromatic heterocycles. The molecule has 172 valence electrons. The first-order valence-corrected chi connectivity index (χ1v) is 11.5. The van der Waals surface area contributed by atoms with Crippen LogP contribution in [-0.4, -0.2) is 32.8 Å². The molecular weight excluding hydrogens is 476 g/mol. The van der Waals surface area contributed by atoms with Gasteiger partial charge in [0.2, 0.25) is 11.8 Å². The fraction of sp³-hybridized carbons (Fsp3) is 0.167. The minimum absolute atomic E-state index is 0.358. The van der Waals surface area contributed by atoms with Crippen LogP contribution < -0.4 is 4.74 Å². The molecule has 0 N–H and O–H groups in total. The van der Waals surface area contributed by atoms with Crippen molar-refractivity contribution in [2.24, 2.45) is 0 Å². The summed E-state index contributed by atoms with van der Waals surface area (Å²) >= 11 is 7.59. The van der Waals surface area contributed by atoms with Gasteiger partial charge in [-0.15, -0.1) is 21.5 Å². The summed E-state index contributed by atoms with van der Waals surface area (Å²) in [5.41, 5.74) is 3.19. The van der Waals surface area contributed by atoms with Gasteiger partial charge in [-0.1, -0.05) is 29.8 Å². The molecule has 2 aromatic carbocycles. The molecule has 0 spiro atoms. The smallest absolute Gasteiger partial charge is 0.351 e. The van der Waals surface area contributed by atoms with Crippen LogP contribution in [0.4, 0.5) is 0 Å². The van der Waals surface area contributed by atoms with Crippen LogP contribution in [0.1, 0.15) is 34.2 Å². The van der Waals surface area contributed by atoms with E-state index in [9.17, 15) is 4.79 Å². The number of aryl methyl sites for hydroxylation is 1. The Hall–Kier alpha value is -3.69. The standard InChI is InChI=1S/C24H19ClN4O4S/c1-13(16-6-4-5-7-17(16)25)32-20-11-21(34-22(20)24(30)31-3)29-12-26-18-10-15(8-9-19(18)29)23-28-27-14(2)33-23/h4-13H,1-3H3. The third kappa shape index (κ3) is 4.04. The number of aromatic nitrogens is 4. The summed E-state index contributed by atoms with van der Waals surface area (Å²) in [6, 6.07) is 14.9. The van der Waals surface area contributed by atoms with Crippen molar-refractivity contribution in [1.29, 1.82) is 0 Å². The summed E-state index contributed by atoms with van der Waals surface area (Å²) < 4.78 is 18.6. The van der Waals surface area contributed by atoms with Crippen LogP contribution in [0.25, 0.3) is 27.5 Å². The van der Waals surface area contributed by atoms with E-state index in [1.165, 1.54) is 18.4 Å². The SMILES string of the molecule is COC(=O)c1sc(-n2cnc3cc(-c4nnc(C)o4)ccc32)cc1OC(C)c1ccccc1Cl. The molecular formula is C24H19ClN4O4S. The molecule has 0 aliphatic heterocycles. The minimum atomic E-state index is -0.476. The van der Waals surface area contributed by atoms with E-state index in [1.807, 2.05) is 47.9 Å². The molecule has 0 aliphatic rings. The van der Waals surface area contributed by atoms with Gasteiger partial charge in [0.15, 0.2) is 4.88 Å². The van der Waals surface area contributed by atoms with Gasteiger partial charge in [-0.3, -0.25) is 4.57 Å². The van der Waals surface area contributed by atoms with Crippen molar-refractivity contribution < 1.29 is 18.7 Å². The first-order chi connectivity index (χ1) is 16.4. The van der Waals surface area contributed by atoms with Gasteiger partial charge in [0.05, 0.1) is 18.1 Å². The van der Waals surface area contributed by atoms with E-state index < -0.39 is 5.97 Å². The lowest BCUT2D eigenvalue weighted by Crippen LogP contribution is -2.07. The van der Waals surface area contributed by atoms with Crippen molar-refractivity contribution in [2.45, 2.75) is 20.0 Å². The van der Waals surface area contributed by atoms with Crippen molar-refractivity contribution in [3.05, 3.63) is 76.2 Å². The number of esters is 1. The van der Waals surface area contributed by atoms with E-state index in [0.29, 0.717) is 27.4 Å². The molecule has 1 unspecified atom stereocenters. The second-order valence-corrected chi connectivity index (χ2v) is 8.93. The van der Waals surface area contributed by atoms with E-state index in [2.05, 4.69) is 15.2 Å². The Morgan fingerprint density at radius 3 is 2.74 bits per heavy atom. The number of halogens is 1. The maximum absolute atomic E-state index is 12.5. The minimum Gasteiger partial charge on any atom is -0.484 e. The Labute approximate surface area is 203 Å². The average molecular weight is 495 g/mol. The van der Waals surface area contributed by atoms with Gasteiger partial charge in [0, 0.05) is 29.1 Å². The molecule has 0 bridgehead atoms. The summed E-state index contributed by atoms with van der Waals surface area (Å²) in [4.78, 5) is 17.4. The van der Waals surface area contributed by atoms with Gasteiger partial charge in [0.25, 0.3) is 0 Å². The quantitative estimate of drug-likeness (QED) is 0.266. The van der Waals surface area contributed by atoms with E-state index in [1.54, 1.807) is 25.4 Å². The number of imidazole rings is 1. The van der Waals surface area contributed by atoms with Crippen molar-refractivity contribution in [1.82, 2.24) is 19.7 Å². The van der Waals surface area contributed by atoms with Gasteiger partial charge < -0.3 is 13.9 Å². The van der Waals surface area contributed by atoms with Crippen molar-refractivity contribution in [3.63, 3.8) is 0 Å². The van der Waals surface area contributed by atoms with E-state index in [4.69, 9.17) is 25.5 Å². The zero-order valence-electron chi connectivity index (χ0n) is 18.5. The Morgan fingerprint density at radius 2 is 2.00 bits per heavy atom. The molecule has 8 nitrogen and oxygen atoms in total. The fourth-order valence-corrected chi connectivity index (χ4v) is 4.88. The zero-order valence-corrected chi connectivity index (χ0v) is 20.1. The second-order valence-electron chi connectivity index (χ2n) is 7.50. The van der Waals surface area contributed by atoms with Crippen LogP contribution in [0.3, 0.4) is 0 Å². The molecule has 1 atom stereocenters. The van der Waals surface area contributed by atoms with Gasteiger partial charge in [-0.2, -0.15) is 0 Å². The molecule has 0 amide bonds. The number of carbonyl (C=O) groups excluding carboxylic acids is 1. The molecule has 0 saturated carbocycles. The maximum Gasteiger partial charge on any atom is 0.351 e. The van der Waals surface area contributed by atoms with Crippen LogP contribution in [0.5, 0.6) is 5.75 Å². The predicted octanol–water partition coefficient (Wildman–Crippen LogP) is 6.03. The van der Waals surface area contributed by atoms with E-state index in [-0.39, 0.29) is 6.10 Å². The highest BCUT2D eigenvalue weighted by Crippen LogP contribution is 2.37. The van der Waals surface area contributed by atoms with Crippen LogP contribution in [0.15, 0.2) is 59.3 Å². The second kappa shape index (κ2) is 8.92. The molecule has 3 heterocycles. The highest BCUT2D eigenvalue weighted by molar-refractivity contribution is 7.16. The van der Waals surface area contributed by atoms with Crippen LogP contribution in [-0.2, 0) is 4.74 Å². The van der Waals surface area contributed by atoms with Crippen molar-refractivity contribution in [2.75, 3.05) is 7.11 Å². The van der Waals surface area contributed by atoms with Gasteiger partial charge in [0.1, 0.15) is 23.2 Å². The third-order valence-corrected chi connectivity index (χ3v) is 6.70. The number of fused-ring (bicyclic) bond motifs is 1. The summed E-state index contributed by atoms with van der Waals surface area (Å²) in [6.45, 7) is 3.62. The molecule has 10 heteroatoms. The third-order valence-electron chi connectivity index (χ3n) is 5.26. The monoisotopic (exact) mass is 494 g/mol. The number of nitrogens with zero attached hydrogens (tertiary/aromatic N) is 4. The Balaban J connectivity index is 1.52. The topological polar surface area (TPSA) is 92.3 Å². The number of methoxy groups -OCH3 is 1. The summed E-state index contributed by atoms with van der Waals surface area (Å²) in [6.07, 6.45) is 1.32. The normalized spacial score (nSPS) is 12.1. The molecule has 5 rings (SSSR count). The first-order valence-electron chi connectivity index (χ1n) is 10.4. The Bertz CT molecular complexity index is 1510. The van der Waals surface area contributed by atoms with Crippen LogP contribution in [0, 0.1) is 6.92 Å². The average Bonchev–Trinajstić information content (AvgIpc) is 3.56. The molecule has 0 saturated heterocycles. The molecule has 0 aliphatic carbocycles. The summed E-state index contributed by atoms with van der Waals surface area (Å²) in [5, 5.41) is 9.29. The fourth-order valence-electron chi connectivity index (χ4n) is 3.60. The maximum atomic E-state index is 12.5. The predicted molar refractivity (Wildman–Crippen MR) is 129 cm³/mol. The summed E-state index contributed by atoms with van der Waals surface area (Å²) in [7, 11) is 1.34. The molecule has 5 aromatic rings. The number of rotatable bonds is 6. The molecule has 0 fully saturated rings. The van der Waals surface area contributed by atoms with Gasteiger partial charge >= 0.3 is 5.97 Å². The Morgan fingerprint density at radius 1 is 1.18 bits per heavy atom. The van der Waals surface area contributed by atoms with Gasteiger partial charge in [-0.05, 0) is 31.2 Å². The lowest BCUT2D eigenvalue weighted by molar-refractivity contribution is 0.0600. The van der Waals surface area contributed by atoms with E-state index >= 15 is 0 Å².